The van der Waals surface area contributed by atoms with E-state index in [1.807, 2.05) is 6.92 Å². The molecule has 1 aliphatic carbocycles. The minimum Gasteiger partial charge on any atom is -0.508 e. The van der Waals surface area contributed by atoms with Crippen molar-refractivity contribution in [3.8, 4) is 23.0 Å². The topological polar surface area (TPSA) is 113 Å². The number of rotatable bonds is 3. The van der Waals surface area contributed by atoms with Gasteiger partial charge >= 0.3 is 12.1 Å². The molecule has 6 aliphatic rings. The molecule has 6 bridgehead atoms. The normalized spacial score (nSPS) is 27.4. The highest BCUT2D eigenvalue weighted by atomic mass is 35.5. The summed E-state index contributed by atoms with van der Waals surface area (Å²) in [6, 6.07) is 3.13. The Bertz CT molecular complexity index is 1680. The molecule has 45 heavy (non-hydrogen) atoms. The van der Waals surface area contributed by atoms with Gasteiger partial charge in [-0.2, -0.15) is 9.97 Å². The number of phenols is 1. The molecule has 2 N–H and O–H groups in total. The van der Waals surface area contributed by atoms with E-state index in [9.17, 15) is 9.90 Å². The molecule has 5 aliphatic heterocycles. The molecule has 1 aromatic carbocycles. The number of benzene rings is 1. The molecule has 1 amide bonds. The number of pyridine rings is 1. The summed E-state index contributed by atoms with van der Waals surface area (Å²) in [5, 5.41) is 14.4. The summed E-state index contributed by atoms with van der Waals surface area (Å²) >= 11 is 6.71. The van der Waals surface area contributed by atoms with E-state index in [0.29, 0.717) is 47.9 Å². The Morgan fingerprint density at radius 2 is 1.98 bits per heavy atom. The van der Waals surface area contributed by atoms with Crippen molar-refractivity contribution in [3.05, 3.63) is 34.7 Å². The Balaban J connectivity index is 1.27. The predicted molar refractivity (Wildman–Crippen MR) is 167 cm³/mol. The van der Waals surface area contributed by atoms with Crippen molar-refractivity contribution in [2.24, 2.45) is 5.92 Å². The minimum absolute atomic E-state index is 0.0232. The first-order valence-corrected chi connectivity index (χ1v) is 16.6. The zero-order valence-electron chi connectivity index (χ0n) is 25.5. The van der Waals surface area contributed by atoms with Crippen LogP contribution in [0, 0.1) is 11.7 Å². The maximum absolute atomic E-state index is 16.9. The lowest BCUT2D eigenvalue weighted by molar-refractivity contribution is 0.107. The molecule has 3 aromatic rings. The van der Waals surface area contributed by atoms with Crippen molar-refractivity contribution in [2.75, 3.05) is 44.3 Å². The van der Waals surface area contributed by atoms with Crippen LogP contribution < -0.4 is 15.0 Å². The van der Waals surface area contributed by atoms with Crippen LogP contribution >= 0.6 is 11.6 Å². The lowest BCUT2D eigenvalue weighted by Crippen LogP contribution is -2.57. The fourth-order valence-corrected chi connectivity index (χ4v) is 8.73. The molecule has 1 saturated carbocycles. The van der Waals surface area contributed by atoms with Crippen molar-refractivity contribution >= 4 is 34.4 Å². The molecule has 238 valence electrons. The summed E-state index contributed by atoms with van der Waals surface area (Å²) in [5.74, 6) is 0.0677. The fraction of sp³-hybridized carbons (Fsp3) is 0.576. The quantitative estimate of drug-likeness (QED) is 0.369. The van der Waals surface area contributed by atoms with Crippen molar-refractivity contribution in [3.63, 3.8) is 0 Å². The summed E-state index contributed by atoms with van der Waals surface area (Å²) in [4.78, 5) is 31.7. The van der Waals surface area contributed by atoms with Gasteiger partial charge in [-0.3, -0.25) is 9.88 Å². The lowest BCUT2D eigenvalue weighted by Gasteiger charge is -2.41. The Morgan fingerprint density at radius 3 is 2.80 bits per heavy atom. The van der Waals surface area contributed by atoms with E-state index >= 15 is 4.39 Å². The van der Waals surface area contributed by atoms with Gasteiger partial charge < -0.3 is 24.8 Å². The van der Waals surface area contributed by atoms with Gasteiger partial charge in [0.25, 0.3) is 0 Å². The number of phenolic OH excluding ortho intramolecular Hbond substituents is 1. The first-order chi connectivity index (χ1) is 21.7. The third-order valence-corrected chi connectivity index (χ3v) is 11.0. The van der Waals surface area contributed by atoms with E-state index in [1.165, 1.54) is 12.1 Å². The van der Waals surface area contributed by atoms with Crippen LogP contribution in [0.1, 0.15) is 69.8 Å². The molecule has 7 heterocycles. The van der Waals surface area contributed by atoms with Gasteiger partial charge in [0.1, 0.15) is 29.4 Å². The van der Waals surface area contributed by atoms with Crippen LogP contribution in [0.15, 0.2) is 18.3 Å². The number of carbonyl (C=O) groups excluding carboxylic acids is 1. The molecule has 0 spiro atoms. The standard InChI is InChI=1S/C33H38ClFN6O4/c1-32-6-2-9-40(17-32)29-23-16-36-27(22-14-20(42)15-24(34)25(22)21-13-19(21)5-12-44-31(43)39-32)26(35)28(23)37-30(38-29)45-18-33-7-3-10-41(33)11-4-8-33/h14-16,19,21,42H,2-13,17-18H2,1H3,(H,39,43)/t19?,21?,32-/m1/s1. The number of fused-ring (bicyclic) bond motifs is 6. The number of hydrogen-bond acceptors (Lipinski definition) is 9. The molecule has 12 heteroatoms. The van der Waals surface area contributed by atoms with E-state index in [0.717, 1.165) is 63.6 Å². The summed E-state index contributed by atoms with van der Waals surface area (Å²) < 4.78 is 28.8. The van der Waals surface area contributed by atoms with Crippen LogP contribution in [-0.4, -0.2) is 81.5 Å². The second kappa shape index (κ2) is 10.8. The number of amides is 1. The second-order valence-electron chi connectivity index (χ2n) is 13.8. The lowest BCUT2D eigenvalue weighted by atomic mass is 9.91. The Labute approximate surface area is 266 Å². The molecule has 3 saturated heterocycles. The fourth-order valence-electron chi connectivity index (χ4n) is 8.38. The smallest absolute Gasteiger partial charge is 0.407 e. The van der Waals surface area contributed by atoms with Crippen LogP contribution in [0.3, 0.4) is 0 Å². The number of carbonyl (C=O) groups is 1. The number of halogens is 2. The molecule has 2 aromatic heterocycles. The number of anilines is 1. The van der Waals surface area contributed by atoms with Gasteiger partial charge in [-0.25, -0.2) is 9.18 Å². The van der Waals surface area contributed by atoms with Gasteiger partial charge in [0, 0.05) is 29.9 Å². The van der Waals surface area contributed by atoms with Crippen molar-refractivity contribution in [1.29, 1.82) is 0 Å². The molecule has 4 fully saturated rings. The highest BCUT2D eigenvalue weighted by molar-refractivity contribution is 6.32. The van der Waals surface area contributed by atoms with E-state index in [1.54, 1.807) is 6.20 Å². The number of hydrogen-bond donors (Lipinski definition) is 2. The van der Waals surface area contributed by atoms with Crippen LogP contribution in [0.2, 0.25) is 5.02 Å². The monoisotopic (exact) mass is 636 g/mol. The second-order valence-corrected chi connectivity index (χ2v) is 14.3. The first-order valence-electron chi connectivity index (χ1n) is 16.2. The number of aromatic nitrogens is 3. The largest absolute Gasteiger partial charge is 0.508 e. The highest BCUT2D eigenvalue weighted by Gasteiger charge is 2.45. The summed E-state index contributed by atoms with van der Waals surface area (Å²) in [5.41, 5.74) is 0.745. The molecule has 9 rings (SSSR count). The molecule has 3 atom stereocenters. The average molecular weight is 637 g/mol. The molecular formula is C33H38ClFN6O4. The van der Waals surface area contributed by atoms with Crippen LogP contribution in [0.4, 0.5) is 15.0 Å². The maximum atomic E-state index is 16.9. The highest BCUT2D eigenvalue weighted by Crippen LogP contribution is 2.55. The zero-order chi connectivity index (χ0) is 30.9. The Hall–Kier alpha value is -3.44. The number of alkyl carbamates (subject to hydrolysis) is 1. The van der Waals surface area contributed by atoms with Gasteiger partial charge in [-0.05, 0) is 101 Å². The SMILES string of the molecule is C[C@@]12CCCN(C1)c1nc(OCC34CCCN3CCC4)nc3c(F)c(ncc13)-c1cc(O)cc(Cl)c1C1CC1CCOC(=O)N2. The van der Waals surface area contributed by atoms with Gasteiger partial charge in [0.05, 0.1) is 23.1 Å². The third-order valence-electron chi connectivity index (χ3n) is 10.7. The van der Waals surface area contributed by atoms with Gasteiger partial charge in [-0.1, -0.05) is 11.6 Å². The molecular weight excluding hydrogens is 599 g/mol. The number of piperidine rings is 1. The van der Waals surface area contributed by atoms with Crippen LogP contribution in [0.25, 0.3) is 22.2 Å². The molecule has 0 radical (unpaired) electrons. The number of aromatic hydroxyl groups is 1. The Morgan fingerprint density at radius 1 is 1.18 bits per heavy atom. The Kier molecular flexibility index (Phi) is 6.98. The molecule has 2 unspecified atom stereocenters. The van der Waals surface area contributed by atoms with Crippen molar-refractivity contribution < 1.29 is 23.8 Å². The first kappa shape index (κ1) is 29.0. The van der Waals surface area contributed by atoms with E-state index < -0.39 is 17.4 Å². The van der Waals surface area contributed by atoms with E-state index in [2.05, 4.69) is 25.1 Å². The minimum atomic E-state index is -0.608. The predicted octanol–water partition coefficient (Wildman–Crippen LogP) is 5.79. The average Bonchev–Trinajstić information content (AvgIpc) is 3.45. The van der Waals surface area contributed by atoms with Crippen LogP contribution in [-0.2, 0) is 4.74 Å². The van der Waals surface area contributed by atoms with Crippen LogP contribution in [0.5, 0.6) is 11.8 Å². The maximum Gasteiger partial charge on any atom is 0.407 e. The third kappa shape index (κ3) is 5.12. The van der Waals surface area contributed by atoms with E-state index in [4.69, 9.17) is 26.1 Å². The van der Waals surface area contributed by atoms with Crippen molar-refractivity contribution in [1.82, 2.24) is 25.2 Å². The number of nitrogens with one attached hydrogen (secondary N) is 1. The van der Waals surface area contributed by atoms with Gasteiger partial charge in [0.15, 0.2) is 5.82 Å². The van der Waals surface area contributed by atoms with Gasteiger partial charge in [-0.15, -0.1) is 0 Å². The number of nitrogens with zero attached hydrogens (tertiary/aromatic N) is 5. The number of ether oxygens (including phenoxy) is 2. The summed E-state index contributed by atoms with van der Waals surface area (Å²) in [6.45, 7) is 5.95. The molecule has 10 nitrogen and oxygen atoms in total. The summed E-state index contributed by atoms with van der Waals surface area (Å²) in [6.07, 6.45) is 8.57. The summed E-state index contributed by atoms with van der Waals surface area (Å²) in [7, 11) is 0. The van der Waals surface area contributed by atoms with Crippen molar-refractivity contribution in [2.45, 2.75) is 75.3 Å². The van der Waals surface area contributed by atoms with Gasteiger partial charge in [0.2, 0.25) is 0 Å². The van der Waals surface area contributed by atoms with E-state index in [-0.39, 0.29) is 47.0 Å². The zero-order valence-corrected chi connectivity index (χ0v) is 26.2.